The maximum absolute atomic E-state index is 12.6. The number of anilines is 1. The zero-order valence-corrected chi connectivity index (χ0v) is 17.3. The van der Waals surface area contributed by atoms with Gasteiger partial charge < -0.3 is 14.8 Å². The van der Waals surface area contributed by atoms with Crippen LogP contribution in [0.15, 0.2) is 65.7 Å². The molecule has 0 saturated heterocycles. The Hall–Kier alpha value is -3.25. The number of thioether (sulfide) groups is 1. The van der Waals surface area contributed by atoms with Crippen molar-refractivity contribution in [3.05, 3.63) is 66.2 Å². The van der Waals surface area contributed by atoms with Crippen LogP contribution >= 0.6 is 11.8 Å². The summed E-state index contributed by atoms with van der Waals surface area (Å²) in [5, 5.41) is 7.00. The number of fused-ring (bicyclic) bond motifs is 3. The van der Waals surface area contributed by atoms with E-state index in [0.717, 1.165) is 49.5 Å². The van der Waals surface area contributed by atoms with Gasteiger partial charge in [-0.25, -0.2) is 4.98 Å². The minimum absolute atomic E-state index is 0.0557. The Balaban J connectivity index is 1.34. The van der Waals surface area contributed by atoms with Gasteiger partial charge in [-0.15, -0.1) is 0 Å². The van der Waals surface area contributed by atoms with E-state index in [1.165, 1.54) is 11.8 Å². The number of ether oxygens (including phenoxy) is 2. The molecule has 1 aliphatic rings. The van der Waals surface area contributed by atoms with Crippen molar-refractivity contribution in [1.29, 1.82) is 0 Å². The van der Waals surface area contributed by atoms with E-state index in [1.54, 1.807) is 0 Å². The molecule has 1 aromatic heterocycles. The lowest BCUT2D eigenvalue weighted by atomic mass is 10.1. The van der Waals surface area contributed by atoms with Gasteiger partial charge in [-0.05, 0) is 36.1 Å². The number of amides is 1. The van der Waals surface area contributed by atoms with Crippen molar-refractivity contribution in [3.63, 3.8) is 0 Å². The lowest BCUT2D eigenvalue weighted by Gasteiger charge is -2.19. The van der Waals surface area contributed by atoms with Crippen molar-refractivity contribution in [1.82, 2.24) is 4.98 Å². The molecule has 0 aliphatic carbocycles. The molecule has 6 heteroatoms. The highest BCUT2D eigenvalue weighted by Crippen LogP contribution is 2.35. The molecule has 150 valence electrons. The lowest BCUT2D eigenvalue weighted by molar-refractivity contribution is -0.113. The van der Waals surface area contributed by atoms with Crippen LogP contribution < -0.4 is 14.8 Å². The van der Waals surface area contributed by atoms with Crippen LogP contribution in [0.1, 0.15) is 5.56 Å². The van der Waals surface area contributed by atoms with Gasteiger partial charge in [0.25, 0.3) is 0 Å². The van der Waals surface area contributed by atoms with Crippen molar-refractivity contribution in [2.45, 2.75) is 11.9 Å². The lowest BCUT2D eigenvalue weighted by Crippen LogP contribution is -2.15. The van der Waals surface area contributed by atoms with Gasteiger partial charge in [0.2, 0.25) is 5.91 Å². The van der Waals surface area contributed by atoms with E-state index in [2.05, 4.69) is 11.4 Å². The van der Waals surface area contributed by atoms with Crippen molar-refractivity contribution in [3.8, 4) is 11.5 Å². The summed E-state index contributed by atoms with van der Waals surface area (Å²) in [4.78, 5) is 17.4. The molecule has 5 rings (SSSR count). The van der Waals surface area contributed by atoms with Crippen LogP contribution in [-0.2, 0) is 4.79 Å². The first-order chi connectivity index (χ1) is 14.7. The molecule has 30 heavy (non-hydrogen) atoms. The van der Waals surface area contributed by atoms with Crippen LogP contribution in [0.25, 0.3) is 21.7 Å². The minimum atomic E-state index is -0.0557. The molecule has 0 saturated carbocycles. The molecule has 2 heterocycles. The third-order valence-electron chi connectivity index (χ3n) is 5.03. The fourth-order valence-corrected chi connectivity index (χ4v) is 4.39. The van der Waals surface area contributed by atoms with E-state index in [1.807, 2.05) is 61.5 Å². The smallest absolute Gasteiger partial charge is 0.234 e. The molecule has 0 fully saturated rings. The maximum Gasteiger partial charge on any atom is 0.234 e. The van der Waals surface area contributed by atoms with Crippen molar-refractivity contribution in [2.24, 2.45) is 0 Å². The molecule has 5 nitrogen and oxygen atoms in total. The Labute approximate surface area is 178 Å². The second-order valence-corrected chi connectivity index (χ2v) is 8.13. The Morgan fingerprint density at radius 2 is 1.77 bits per heavy atom. The molecule has 1 N–H and O–H groups in total. The average molecular weight is 417 g/mol. The highest BCUT2D eigenvalue weighted by atomic mass is 32.2. The number of aromatic nitrogens is 1. The predicted octanol–water partition coefficient (Wildman–Crippen LogP) is 5.20. The molecular weight excluding hydrogens is 396 g/mol. The summed E-state index contributed by atoms with van der Waals surface area (Å²) >= 11 is 1.44. The van der Waals surface area contributed by atoms with E-state index in [9.17, 15) is 4.79 Å². The summed E-state index contributed by atoms with van der Waals surface area (Å²) in [5.41, 5.74) is 2.69. The maximum atomic E-state index is 12.6. The van der Waals surface area contributed by atoms with Gasteiger partial charge in [0.05, 0.1) is 11.3 Å². The van der Waals surface area contributed by atoms with E-state index < -0.39 is 0 Å². The first kappa shape index (κ1) is 18.8. The van der Waals surface area contributed by atoms with Gasteiger partial charge in [-0.1, -0.05) is 48.2 Å². The van der Waals surface area contributed by atoms with Gasteiger partial charge >= 0.3 is 0 Å². The summed E-state index contributed by atoms with van der Waals surface area (Å²) in [6, 6.07) is 19.9. The zero-order chi connectivity index (χ0) is 20.5. The van der Waals surface area contributed by atoms with Crippen LogP contribution in [-0.4, -0.2) is 29.9 Å². The van der Waals surface area contributed by atoms with E-state index >= 15 is 0 Å². The number of nitrogens with zero attached hydrogens (tertiary/aromatic N) is 1. The van der Waals surface area contributed by atoms with Gasteiger partial charge in [-0.2, -0.15) is 0 Å². The number of aryl methyl sites for hydroxylation is 1. The highest BCUT2D eigenvalue weighted by molar-refractivity contribution is 8.00. The number of carbonyl (C=O) groups excluding carboxylic acids is 1. The summed E-state index contributed by atoms with van der Waals surface area (Å²) in [6.07, 6.45) is 0. The molecule has 0 bridgehead atoms. The third-order valence-corrected chi connectivity index (χ3v) is 6.12. The van der Waals surface area contributed by atoms with E-state index in [4.69, 9.17) is 14.5 Å². The normalized spacial score (nSPS) is 12.8. The number of hydrogen-bond acceptors (Lipinski definition) is 5. The first-order valence-electron chi connectivity index (χ1n) is 9.79. The molecule has 0 spiro atoms. The number of rotatable bonds is 4. The molecular formula is C24H20N2O3S. The summed E-state index contributed by atoms with van der Waals surface area (Å²) < 4.78 is 11.3. The van der Waals surface area contributed by atoms with E-state index in [-0.39, 0.29) is 11.7 Å². The monoisotopic (exact) mass is 416 g/mol. The largest absolute Gasteiger partial charge is 0.486 e. The molecule has 0 atom stereocenters. The topological polar surface area (TPSA) is 60.5 Å². The van der Waals surface area contributed by atoms with Crippen LogP contribution in [0.5, 0.6) is 11.5 Å². The molecule has 1 amide bonds. The Morgan fingerprint density at radius 3 is 2.63 bits per heavy atom. The Bertz CT molecular complexity index is 1270. The van der Waals surface area contributed by atoms with Crippen LogP contribution in [0, 0.1) is 6.92 Å². The predicted molar refractivity (Wildman–Crippen MR) is 121 cm³/mol. The van der Waals surface area contributed by atoms with Gasteiger partial charge in [-0.3, -0.25) is 4.79 Å². The molecule has 3 aromatic carbocycles. The van der Waals surface area contributed by atoms with Crippen LogP contribution in [0.3, 0.4) is 0 Å². The number of nitrogens with one attached hydrogen (secondary N) is 1. The van der Waals surface area contributed by atoms with Gasteiger partial charge in [0, 0.05) is 22.5 Å². The zero-order valence-electron chi connectivity index (χ0n) is 16.5. The number of carbonyl (C=O) groups is 1. The van der Waals surface area contributed by atoms with Crippen LogP contribution in [0.4, 0.5) is 5.69 Å². The van der Waals surface area contributed by atoms with Gasteiger partial charge in [0.15, 0.2) is 11.5 Å². The van der Waals surface area contributed by atoms with Crippen molar-refractivity contribution in [2.75, 3.05) is 24.3 Å². The second-order valence-electron chi connectivity index (χ2n) is 7.16. The summed E-state index contributed by atoms with van der Waals surface area (Å²) in [7, 11) is 0. The number of benzene rings is 3. The summed E-state index contributed by atoms with van der Waals surface area (Å²) in [6.45, 7) is 3.11. The fourth-order valence-electron chi connectivity index (χ4n) is 3.60. The van der Waals surface area contributed by atoms with Crippen LogP contribution in [0.2, 0.25) is 0 Å². The molecule has 0 radical (unpaired) electrons. The van der Waals surface area contributed by atoms with E-state index in [0.29, 0.717) is 13.2 Å². The number of hydrogen-bond donors (Lipinski definition) is 1. The SMILES string of the molecule is Cc1cc2cc3c(cc2nc1SCC(=O)Nc1cccc2ccccc12)OCCO3. The fraction of sp³-hybridized carbons (Fsp3) is 0.167. The van der Waals surface area contributed by atoms with Crippen molar-refractivity contribution >= 4 is 45.0 Å². The van der Waals surface area contributed by atoms with Gasteiger partial charge in [0.1, 0.15) is 18.2 Å². The minimum Gasteiger partial charge on any atom is -0.486 e. The molecule has 0 unspecified atom stereocenters. The Morgan fingerprint density at radius 1 is 1.00 bits per heavy atom. The average Bonchev–Trinajstić information content (AvgIpc) is 2.76. The second kappa shape index (κ2) is 7.88. The highest BCUT2D eigenvalue weighted by Gasteiger charge is 2.15. The summed E-state index contributed by atoms with van der Waals surface area (Å²) in [5.74, 6) is 1.70. The Kier molecular flexibility index (Phi) is 4.93. The third kappa shape index (κ3) is 3.66. The molecule has 1 aliphatic heterocycles. The standard InChI is InChI=1S/C24H20N2O3S/c1-15-11-17-12-21-22(29-10-9-28-21)13-20(17)26-24(15)30-14-23(27)25-19-8-4-6-16-5-2-3-7-18(16)19/h2-8,11-13H,9-10,14H2,1H3,(H,25,27). The number of pyridine rings is 1. The quantitative estimate of drug-likeness (QED) is 0.464. The van der Waals surface area contributed by atoms with Crippen molar-refractivity contribution < 1.29 is 14.3 Å². The first-order valence-corrected chi connectivity index (χ1v) is 10.8. The molecule has 4 aromatic rings.